The van der Waals surface area contributed by atoms with Crippen LogP contribution in [0.15, 0.2) is 36.4 Å². The van der Waals surface area contributed by atoms with E-state index in [0.29, 0.717) is 19.6 Å². The van der Waals surface area contributed by atoms with Gasteiger partial charge in [-0.15, -0.1) is 0 Å². The molecule has 1 aliphatic carbocycles. The third-order valence-corrected chi connectivity index (χ3v) is 4.36. The second kappa shape index (κ2) is 5.68. The molecule has 1 aromatic carbocycles. The zero-order valence-electron chi connectivity index (χ0n) is 11.8. The van der Waals surface area contributed by atoms with Crippen LogP contribution in [0, 0.1) is 0 Å². The molecule has 0 radical (unpaired) electrons. The molecule has 1 aromatic rings. The van der Waals surface area contributed by atoms with E-state index in [1.807, 2.05) is 18.2 Å². The van der Waals surface area contributed by atoms with Crippen molar-refractivity contribution in [1.29, 1.82) is 0 Å². The van der Waals surface area contributed by atoms with Gasteiger partial charge in [0, 0.05) is 12.8 Å². The van der Waals surface area contributed by atoms with Gasteiger partial charge in [0.05, 0.1) is 18.8 Å². The monoisotopic (exact) mass is 274 g/mol. The van der Waals surface area contributed by atoms with Gasteiger partial charge in [-0.2, -0.15) is 0 Å². The van der Waals surface area contributed by atoms with Crippen LogP contribution in [0.1, 0.15) is 37.7 Å². The molecule has 1 aliphatic heterocycles. The minimum Gasteiger partial charge on any atom is -0.390 e. The molecule has 1 saturated carbocycles. The van der Waals surface area contributed by atoms with Crippen molar-refractivity contribution in [2.75, 3.05) is 13.2 Å². The predicted molar refractivity (Wildman–Crippen MR) is 78.1 cm³/mol. The second-order valence-electron chi connectivity index (χ2n) is 5.85. The van der Waals surface area contributed by atoms with Crippen molar-refractivity contribution in [2.45, 2.75) is 43.5 Å². The molecule has 20 heavy (non-hydrogen) atoms. The Balaban J connectivity index is 1.54. The molecular formula is C17H22O3. The van der Waals surface area contributed by atoms with E-state index in [2.05, 4.69) is 24.3 Å². The summed E-state index contributed by atoms with van der Waals surface area (Å²) in [5.74, 6) is -0.393. The van der Waals surface area contributed by atoms with Crippen LogP contribution in [0.25, 0.3) is 6.08 Å². The lowest BCUT2D eigenvalue weighted by atomic mass is 9.79. The van der Waals surface area contributed by atoms with Gasteiger partial charge in [0.1, 0.15) is 0 Å². The topological polar surface area (TPSA) is 38.7 Å². The van der Waals surface area contributed by atoms with Gasteiger partial charge < -0.3 is 14.6 Å². The highest BCUT2D eigenvalue weighted by atomic mass is 16.7. The van der Waals surface area contributed by atoms with Crippen molar-refractivity contribution in [3.63, 3.8) is 0 Å². The average Bonchev–Trinajstić information content (AvgIpc) is 2.93. The fraction of sp³-hybridized carbons (Fsp3) is 0.529. The smallest absolute Gasteiger partial charge is 0.168 e. The summed E-state index contributed by atoms with van der Waals surface area (Å²) in [7, 11) is 0. The molecule has 2 aliphatic rings. The van der Waals surface area contributed by atoms with Crippen LogP contribution in [0.4, 0.5) is 0 Å². The van der Waals surface area contributed by atoms with E-state index in [1.165, 1.54) is 5.56 Å². The van der Waals surface area contributed by atoms with Gasteiger partial charge in [0.2, 0.25) is 0 Å². The van der Waals surface area contributed by atoms with Crippen LogP contribution >= 0.6 is 0 Å². The van der Waals surface area contributed by atoms with E-state index in [1.54, 1.807) is 0 Å². The summed E-state index contributed by atoms with van der Waals surface area (Å²) in [4.78, 5) is 0. The van der Waals surface area contributed by atoms with Crippen molar-refractivity contribution < 1.29 is 14.6 Å². The summed E-state index contributed by atoms with van der Waals surface area (Å²) in [6.07, 6.45) is 7.91. The number of hydrogen-bond donors (Lipinski definition) is 1. The molecule has 2 fully saturated rings. The summed E-state index contributed by atoms with van der Waals surface area (Å²) in [6.45, 7) is 1.37. The molecule has 108 valence electrons. The predicted octanol–water partition coefficient (Wildman–Crippen LogP) is 3.14. The van der Waals surface area contributed by atoms with Crippen LogP contribution in [-0.4, -0.2) is 29.7 Å². The summed E-state index contributed by atoms with van der Waals surface area (Å²) in [5.41, 5.74) is 0.567. The Hall–Kier alpha value is -1.16. The van der Waals surface area contributed by atoms with Gasteiger partial charge in [-0.05, 0) is 24.8 Å². The largest absolute Gasteiger partial charge is 0.390 e. The Morgan fingerprint density at radius 2 is 1.65 bits per heavy atom. The maximum absolute atomic E-state index is 10.6. The highest BCUT2D eigenvalue weighted by molar-refractivity contribution is 5.48. The van der Waals surface area contributed by atoms with E-state index < -0.39 is 11.4 Å². The molecule has 1 heterocycles. The molecule has 3 rings (SSSR count). The van der Waals surface area contributed by atoms with E-state index in [4.69, 9.17) is 9.47 Å². The van der Waals surface area contributed by atoms with E-state index >= 15 is 0 Å². The van der Waals surface area contributed by atoms with E-state index in [-0.39, 0.29) is 0 Å². The molecule has 1 saturated heterocycles. The van der Waals surface area contributed by atoms with Crippen LogP contribution in [0.3, 0.4) is 0 Å². The molecule has 1 N–H and O–H groups in total. The van der Waals surface area contributed by atoms with Crippen LogP contribution in [0.2, 0.25) is 0 Å². The summed E-state index contributed by atoms with van der Waals surface area (Å²) in [5, 5.41) is 10.6. The molecule has 0 amide bonds. The normalized spacial score (nSPS) is 24.4. The minimum absolute atomic E-state index is 0.393. The highest BCUT2D eigenvalue weighted by Crippen LogP contribution is 2.41. The first-order chi connectivity index (χ1) is 9.70. The van der Waals surface area contributed by atoms with Crippen molar-refractivity contribution in [2.24, 2.45) is 0 Å². The number of rotatable bonds is 3. The number of benzene rings is 1. The van der Waals surface area contributed by atoms with Crippen molar-refractivity contribution in [3.8, 4) is 0 Å². The lowest BCUT2D eigenvalue weighted by Gasteiger charge is -2.40. The van der Waals surface area contributed by atoms with Gasteiger partial charge in [-0.25, -0.2) is 0 Å². The summed E-state index contributed by atoms with van der Waals surface area (Å²) >= 11 is 0. The van der Waals surface area contributed by atoms with Crippen LogP contribution in [0.5, 0.6) is 0 Å². The third kappa shape index (κ3) is 3.11. The first-order valence-electron chi connectivity index (χ1n) is 7.42. The maximum Gasteiger partial charge on any atom is 0.168 e. The van der Waals surface area contributed by atoms with Gasteiger partial charge in [-0.1, -0.05) is 42.5 Å². The van der Waals surface area contributed by atoms with Crippen LogP contribution < -0.4 is 0 Å². The molecule has 0 atom stereocenters. The molecule has 0 unspecified atom stereocenters. The van der Waals surface area contributed by atoms with Gasteiger partial charge in [0.15, 0.2) is 5.79 Å². The van der Waals surface area contributed by atoms with Gasteiger partial charge in [-0.3, -0.25) is 0 Å². The standard InChI is InChI=1S/C17H22O3/c18-16(8-4-7-15-5-2-1-3-6-15)9-11-17(12-10-16)19-13-14-20-17/h1-7,18H,8-14H2/b7-4+. The fourth-order valence-corrected chi connectivity index (χ4v) is 3.06. The molecule has 3 heteroatoms. The quantitative estimate of drug-likeness (QED) is 0.920. The van der Waals surface area contributed by atoms with Crippen molar-refractivity contribution in [3.05, 3.63) is 42.0 Å². The molecule has 3 nitrogen and oxygen atoms in total. The Bertz CT molecular complexity index is 450. The van der Waals surface area contributed by atoms with Gasteiger partial charge in [0.25, 0.3) is 0 Å². The Morgan fingerprint density at radius 1 is 1.00 bits per heavy atom. The van der Waals surface area contributed by atoms with Crippen LogP contribution in [-0.2, 0) is 9.47 Å². The van der Waals surface area contributed by atoms with Crippen molar-refractivity contribution >= 4 is 6.08 Å². The van der Waals surface area contributed by atoms with Crippen molar-refractivity contribution in [1.82, 2.24) is 0 Å². The fourth-order valence-electron chi connectivity index (χ4n) is 3.06. The maximum atomic E-state index is 10.6. The second-order valence-corrected chi connectivity index (χ2v) is 5.85. The zero-order chi connectivity index (χ0) is 13.9. The van der Waals surface area contributed by atoms with E-state index in [0.717, 1.165) is 25.7 Å². The Labute approximate surface area is 120 Å². The third-order valence-electron chi connectivity index (χ3n) is 4.36. The first-order valence-corrected chi connectivity index (χ1v) is 7.42. The molecule has 1 spiro atoms. The SMILES string of the molecule is OC1(C/C=C/c2ccccc2)CCC2(CC1)OCCO2. The molecular weight excluding hydrogens is 252 g/mol. The highest BCUT2D eigenvalue weighted by Gasteiger charge is 2.44. The Morgan fingerprint density at radius 3 is 2.30 bits per heavy atom. The number of hydrogen-bond acceptors (Lipinski definition) is 3. The number of aliphatic hydroxyl groups is 1. The first kappa shape index (κ1) is 13.8. The van der Waals surface area contributed by atoms with E-state index in [9.17, 15) is 5.11 Å². The lowest BCUT2D eigenvalue weighted by Crippen LogP contribution is -2.43. The zero-order valence-corrected chi connectivity index (χ0v) is 11.8. The summed E-state index contributed by atoms with van der Waals surface area (Å²) < 4.78 is 11.4. The average molecular weight is 274 g/mol. The minimum atomic E-state index is -0.605. The lowest BCUT2D eigenvalue weighted by molar-refractivity contribution is -0.201. The molecule has 0 bridgehead atoms. The van der Waals surface area contributed by atoms with Gasteiger partial charge >= 0.3 is 0 Å². The number of ether oxygens (including phenoxy) is 2. The Kier molecular flexibility index (Phi) is 3.92. The summed E-state index contributed by atoms with van der Waals surface area (Å²) in [6, 6.07) is 10.2. The molecule has 0 aromatic heterocycles.